The first-order valence-corrected chi connectivity index (χ1v) is 7.68. The van der Waals surface area contributed by atoms with Gasteiger partial charge in [0.05, 0.1) is 0 Å². The summed E-state index contributed by atoms with van der Waals surface area (Å²) in [5.74, 6) is -0.718. The number of carbonyl (C=O) groups is 1. The molecule has 1 unspecified atom stereocenters. The maximum atomic E-state index is 11.1. The fourth-order valence-corrected chi connectivity index (χ4v) is 2.08. The van der Waals surface area contributed by atoms with Crippen molar-refractivity contribution in [1.82, 2.24) is 10.2 Å². The Morgan fingerprint density at radius 3 is 2.21 bits per heavy atom. The fourth-order valence-electron chi connectivity index (χ4n) is 2.08. The minimum Gasteiger partial charge on any atom is -0.480 e. The molecule has 4 heteroatoms. The van der Waals surface area contributed by atoms with Crippen LogP contribution in [0.5, 0.6) is 0 Å². The molecule has 114 valence electrons. The summed E-state index contributed by atoms with van der Waals surface area (Å²) in [6.45, 7) is 3.83. The third-order valence-corrected chi connectivity index (χ3v) is 3.34. The standard InChI is InChI=1S/C15H32N2O2/c1-4-5-6-7-8-9-10-11-14(15(18)19)16-12-13-17(2)3/h14,16H,4-13H2,1-3H3,(H,18,19). The highest BCUT2D eigenvalue weighted by molar-refractivity contribution is 5.73. The van der Waals surface area contributed by atoms with Crippen LogP contribution in [0.4, 0.5) is 0 Å². The highest BCUT2D eigenvalue weighted by atomic mass is 16.4. The van der Waals surface area contributed by atoms with E-state index in [4.69, 9.17) is 5.11 Å². The molecule has 0 aromatic heterocycles. The predicted octanol–water partition coefficient (Wildman–Crippen LogP) is 2.73. The SMILES string of the molecule is CCCCCCCCCC(NCCN(C)C)C(=O)O. The van der Waals surface area contributed by atoms with Gasteiger partial charge in [-0.15, -0.1) is 0 Å². The molecule has 0 saturated carbocycles. The van der Waals surface area contributed by atoms with E-state index in [1.54, 1.807) is 0 Å². The van der Waals surface area contributed by atoms with E-state index >= 15 is 0 Å². The Bertz CT molecular complexity index is 220. The first kappa shape index (κ1) is 18.4. The molecule has 0 aliphatic heterocycles. The second-order valence-corrected chi connectivity index (χ2v) is 5.56. The summed E-state index contributed by atoms with van der Waals surface area (Å²) in [5.41, 5.74) is 0. The van der Waals surface area contributed by atoms with Gasteiger partial charge >= 0.3 is 5.97 Å². The van der Waals surface area contributed by atoms with Gasteiger partial charge in [-0.25, -0.2) is 0 Å². The van der Waals surface area contributed by atoms with Crippen molar-refractivity contribution in [2.24, 2.45) is 0 Å². The van der Waals surface area contributed by atoms with Crippen LogP contribution >= 0.6 is 0 Å². The second kappa shape index (κ2) is 12.4. The van der Waals surface area contributed by atoms with Crippen molar-refractivity contribution in [3.63, 3.8) is 0 Å². The largest absolute Gasteiger partial charge is 0.480 e. The smallest absolute Gasteiger partial charge is 0.320 e. The number of carboxylic acid groups (broad SMARTS) is 1. The number of nitrogens with one attached hydrogen (secondary N) is 1. The topological polar surface area (TPSA) is 52.6 Å². The van der Waals surface area contributed by atoms with Gasteiger partial charge in [0, 0.05) is 13.1 Å². The molecule has 0 aliphatic carbocycles. The van der Waals surface area contributed by atoms with Crippen molar-refractivity contribution in [1.29, 1.82) is 0 Å². The molecule has 1 atom stereocenters. The molecule has 0 amide bonds. The second-order valence-electron chi connectivity index (χ2n) is 5.56. The number of carboxylic acids is 1. The summed E-state index contributed by atoms with van der Waals surface area (Å²) in [5, 5.41) is 12.3. The van der Waals surface area contributed by atoms with E-state index < -0.39 is 5.97 Å². The Labute approximate surface area is 118 Å². The molecule has 0 spiro atoms. The molecule has 0 saturated heterocycles. The molecule has 0 aromatic carbocycles. The predicted molar refractivity (Wildman–Crippen MR) is 80.6 cm³/mol. The van der Waals surface area contributed by atoms with Gasteiger partial charge in [-0.05, 0) is 20.5 Å². The van der Waals surface area contributed by atoms with E-state index in [0.717, 1.165) is 32.4 Å². The molecule has 19 heavy (non-hydrogen) atoms. The Morgan fingerprint density at radius 2 is 1.68 bits per heavy atom. The Morgan fingerprint density at radius 1 is 1.11 bits per heavy atom. The van der Waals surface area contributed by atoms with Crippen LogP contribution in [-0.4, -0.2) is 49.2 Å². The number of hydrogen-bond donors (Lipinski definition) is 2. The molecule has 0 aliphatic rings. The quantitative estimate of drug-likeness (QED) is 0.506. The zero-order valence-corrected chi connectivity index (χ0v) is 13.0. The zero-order valence-electron chi connectivity index (χ0n) is 13.0. The highest BCUT2D eigenvalue weighted by Gasteiger charge is 2.15. The van der Waals surface area contributed by atoms with Crippen LogP contribution in [0.25, 0.3) is 0 Å². The Balaban J connectivity index is 3.57. The molecule has 0 rings (SSSR count). The average Bonchev–Trinajstić information content (AvgIpc) is 2.34. The number of hydrogen-bond acceptors (Lipinski definition) is 3. The lowest BCUT2D eigenvalue weighted by Gasteiger charge is -2.16. The molecular weight excluding hydrogens is 240 g/mol. The minimum absolute atomic E-state index is 0.379. The van der Waals surface area contributed by atoms with Crippen LogP contribution in [0.1, 0.15) is 58.3 Å². The molecular formula is C15H32N2O2. The number of nitrogens with zero attached hydrogens (tertiary/aromatic N) is 1. The van der Waals surface area contributed by atoms with Gasteiger partial charge in [0.15, 0.2) is 0 Å². The number of unbranched alkanes of at least 4 members (excludes halogenated alkanes) is 6. The fraction of sp³-hybridized carbons (Fsp3) is 0.933. The zero-order chi connectivity index (χ0) is 14.5. The summed E-state index contributed by atoms with van der Waals surface area (Å²) < 4.78 is 0. The summed E-state index contributed by atoms with van der Waals surface area (Å²) in [6, 6.07) is -0.379. The lowest BCUT2D eigenvalue weighted by Crippen LogP contribution is -2.40. The van der Waals surface area contributed by atoms with Crippen LogP contribution in [-0.2, 0) is 4.79 Å². The molecule has 4 nitrogen and oxygen atoms in total. The number of likely N-dealkylation sites (N-methyl/N-ethyl adjacent to an activating group) is 1. The normalized spacial score (nSPS) is 12.8. The number of rotatable bonds is 13. The van der Waals surface area contributed by atoms with E-state index in [1.165, 1.54) is 32.1 Å². The average molecular weight is 272 g/mol. The molecule has 0 bridgehead atoms. The lowest BCUT2D eigenvalue weighted by molar-refractivity contribution is -0.139. The first-order chi connectivity index (χ1) is 9.07. The summed E-state index contributed by atoms with van der Waals surface area (Å²) in [4.78, 5) is 13.2. The van der Waals surface area contributed by atoms with E-state index in [2.05, 4.69) is 17.1 Å². The van der Waals surface area contributed by atoms with Crippen molar-refractivity contribution in [3.8, 4) is 0 Å². The molecule has 2 N–H and O–H groups in total. The van der Waals surface area contributed by atoms with Gasteiger partial charge in [0.2, 0.25) is 0 Å². The van der Waals surface area contributed by atoms with Crippen LogP contribution in [0, 0.1) is 0 Å². The monoisotopic (exact) mass is 272 g/mol. The van der Waals surface area contributed by atoms with Crippen molar-refractivity contribution in [2.45, 2.75) is 64.3 Å². The molecule has 0 fully saturated rings. The van der Waals surface area contributed by atoms with E-state index in [0.29, 0.717) is 0 Å². The summed E-state index contributed by atoms with van der Waals surface area (Å²) in [7, 11) is 3.99. The third-order valence-electron chi connectivity index (χ3n) is 3.34. The van der Waals surface area contributed by atoms with Crippen molar-refractivity contribution >= 4 is 5.97 Å². The van der Waals surface area contributed by atoms with Crippen molar-refractivity contribution < 1.29 is 9.90 Å². The van der Waals surface area contributed by atoms with Gasteiger partial charge in [-0.3, -0.25) is 4.79 Å². The maximum absolute atomic E-state index is 11.1. The van der Waals surface area contributed by atoms with Gasteiger partial charge in [-0.1, -0.05) is 51.9 Å². The molecule has 0 heterocycles. The number of aliphatic carboxylic acids is 1. The van der Waals surface area contributed by atoms with Crippen molar-refractivity contribution in [3.05, 3.63) is 0 Å². The first-order valence-electron chi connectivity index (χ1n) is 7.68. The third kappa shape index (κ3) is 12.2. The molecule has 0 aromatic rings. The minimum atomic E-state index is -0.718. The lowest BCUT2D eigenvalue weighted by atomic mass is 10.1. The van der Waals surface area contributed by atoms with Crippen LogP contribution in [0.15, 0.2) is 0 Å². The Hall–Kier alpha value is -0.610. The molecule has 0 radical (unpaired) electrons. The van der Waals surface area contributed by atoms with Gasteiger partial charge in [0.1, 0.15) is 6.04 Å². The van der Waals surface area contributed by atoms with E-state index in [-0.39, 0.29) is 6.04 Å². The summed E-state index contributed by atoms with van der Waals surface area (Å²) >= 11 is 0. The van der Waals surface area contributed by atoms with Gasteiger partial charge < -0.3 is 15.3 Å². The van der Waals surface area contributed by atoms with E-state index in [9.17, 15) is 4.79 Å². The van der Waals surface area contributed by atoms with Crippen LogP contribution in [0.2, 0.25) is 0 Å². The van der Waals surface area contributed by atoms with Crippen LogP contribution < -0.4 is 5.32 Å². The van der Waals surface area contributed by atoms with Crippen LogP contribution in [0.3, 0.4) is 0 Å². The summed E-state index contributed by atoms with van der Waals surface area (Å²) in [6.07, 6.45) is 9.36. The Kier molecular flexibility index (Phi) is 12.0. The van der Waals surface area contributed by atoms with Gasteiger partial charge in [0.25, 0.3) is 0 Å². The maximum Gasteiger partial charge on any atom is 0.320 e. The van der Waals surface area contributed by atoms with Gasteiger partial charge in [-0.2, -0.15) is 0 Å². The highest BCUT2D eigenvalue weighted by Crippen LogP contribution is 2.09. The van der Waals surface area contributed by atoms with E-state index in [1.807, 2.05) is 14.1 Å². The van der Waals surface area contributed by atoms with Crippen molar-refractivity contribution in [2.75, 3.05) is 27.2 Å².